The van der Waals surface area contributed by atoms with E-state index in [0.29, 0.717) is 17.8 Å². The molecule has 0 spiro atoms. The number of amides is 1. The summed E-state index contributed by atoms with van der Waals surface area (Å²) in [6.07, 6.45) is 1.09. The van der Waals surface area contributed by atoms with Crippen LogP contribution in [0.4, 0.5) is 5.69 Å². The SMILES string of the molecule is Cc1ccc(C(=O)NCC(C)N2CCOCC2)cc1NS(C)(=O)=O. The zero-order valence-electron chi connectivity index (χ0n) is 14.3. The molecule has 2 rings (SSSR count). The van der Waals surface area contributed by atoms with Gasteiger partial charge in [0.2, 0.25) is 10.0 Å². The van der Waals surface area contributed by atoms with Gasteiger partial charge in [-0.05, 0) is 31.5 Å². The summed E-state index contributed by atoms with van der Waals surface area (Å²) in [7, 11) is -3.38. The van der Waals surface area contributed by atoms with E-state index in [0.717, 1.165) is 38.1 Å². The van der Waals surface area contributed by atoms with Gasteiger partial charge in [-0.3, -0.25) is 14.4 Å². The lowest BCUT2D eigenvalue weighted by molar-refractivity contribution is 0.0204. The summed E-state index contributed by atoms with van der Waals surface area (Å²) in [5, 5.41) is 2.91. The van der Waals surface area contributed by atoms with Gasteiger partial charge in [-0.25, -0.2) is 8.42 Å². The largest absolute Gasteiger partial charge is 0.379 e. The van der Waals surface area contributed by atoms with Gasteiger partial charge in [0.25, 0.3) is 5.91 Å². The van der Waals surface area contributed by atoms with Crippen molar-refractivity contribution in [2.45, 2.75) is 19.9 Å². The number of sulfonamides is 1. The smallest absolute Gasteiger partial charge is 0.251 e. The molecule has 8 heteroatoms. The number of morpholine rings is 1. The van der Waals surface area contributed by atoms with Gasteiger partial charge in [0.15, 0.2) is 0 Å². The van der Waals surface area contributed by atoms with Crippen LogP contribution in [-0.4, -0.2) is 64.4 Å². The third-order valence-corrected chi connectivity index (χ3v) is 4.61. The maximum atomic E-state index is 12.3. The highest BCUT2D eigenvalue weighted by atomic mass is 32.2. The first-order valence-corrected chi connectivity index (χ1v) is 9.84. The van der Waals surface area contributed by atoms with Crippen LogP contribution in [0.5, 0.6) is 0 Å². The normalized spacial score (nSPS) is 17.3. The summed E-state index contributed by atoms with van der Waals surface area (Å²) in [6.45, 7) is 7.55. The minimum absolute atomic E-state index is 0.216. The molecule has 24 heavy (non-hydrogen) atoms. The third kappa shape index (κ3) is 5.47. The number of benzene rings is 1. The van der Waals surface area contributed by atoms with Crippen molar-refractivity contribution in [3.05, 3.63) is 29.3 Å². The molecule has 1 amide bonds. The second kappa shape index (κ2) is 7.96. The molecule has 1 aliphatic rings. The average Bonchev–Trinajstić information content (AvgIpc) is 2.54. The molecule has 2 N–H and O–H groups in total. The van der Waals surface area contributed by atoms with Crippen LogP contribution in [0.2, 0.25) is 0 Å². The molecular weight excluding hydrogens is 330 g/mol. The first kappa shape index (κ1) is 18.7. The van der Waals surface area contributed by atoms with E-state index in [-0.39, 0.29) is 11.9 Å². The molecule has 1 heterocycles. The van der Waals surface area contributed by atoms with E-state index < -0.39 is 10.0 Å². The monoisotopic (exact) mass is 355 g/mol. The Kier molecular flexibility index (Phi) is 6.20. The van der Waals surface area contributed by atoms with Crippen molar-refractivity contribution in [3.63, 3.8) is 0 Å². The van der Waals surface area contributed by atoms with E-state index in [1.54, 1.807) is 25.1 Å². The number of carbonyl (C=O) groups is 1. The van der Waals surface area contributed by atoms with Gasteiger partial charge < -0.3 is 10.1 Å². The average molecular weight is 355 g/mol. The predicted molar refractivity (Wildman–Crippen MR) is 93.8 cm³/mol. The van der Waals surface area contributed by atoms with Gasteiger partial charge in [0.05, 0.1) is 25.2 Å². The van der Waals surface area contributed by atoms with E-state index in [4.69, 9.17) is 4.74 Å². The standard InChI is InChI=1S/C16H25N3O4S/c1-12-4-5-14(10-15(12)18-24(3,21)22)16(20)17-11-13(2)19-6-8-23-9-7-19/h4-5,10,13,18H,6-9,11H2,1-3H3,(H,17,20). The molecule has 1 aromatic carbocycles. The molecule has 1 atom stereocenters. The highest BCUT2D eigenvalue weighted by molar-refractivity contribution is 7.92. The Morgan fingerprint density at radius 1 is 1.33 bits per heavy atom. The Hall–Kier alpha value is -1.64. The fourth-order valence-electron chi connectivity index (χ4n) is 2.56. The Morgan fingerprint density at radius 3 is 2.62 bits per heavy atom. The lowest BCUT2D eigenvalue weighted by Gasteiger charge is -2.32. The number of hydrogen-bond acceptors (Lipinski definition) is 5. The van der Waals surface area contributed by atoms with Crippen LogP contribution in [0.1, 0.15) is 22.8 Å². The molecule has 1 aromatic rings. The highest BCUT2D eigenvalue weighted by Crippen LogP contribution is 2.18. The van der Waals surface area contributed by atoms with Crippen molar-refractivity contribution in [1.82, 2.24) is 10.2 Å². The molecule has 1 aliphatic heterocycles. The second-order valence-corrected chi connectivity index (χ2v) is 7.86. The Morgan fingerprint density at radius 2 is 2.00 bits per heavy atom. The molecule has 0 radical (unpaired) electrons. The first-order chi connectivity index (χ1) is 11.3. The highest BCUT2D eigenvalue weighted by Gasteiger charge is 2.18. The molecule has 134 valence electrons. The molecule has 7 nitrogen and oxygen atoms in total. The van der Waals surface area contributed by atoms with Crippen molar-refractivity contribution < 1.29 is 17.9 Å². The van der Waals surface area contributed by atoms with Crippen molar-refractivity contribution in [3.8, 4) is 0 Å². The van der Waals surface area contributed by atoms with Crippen molar-refractivity contribution >= 4 is 21.6 Å². The molecular formula is C16H25N3O4S. The van der Waals surface area contributed by atoms with Gasteiger partial charge in [0, 0.05) is 31.2 Å². The number of rotatable bonds is 6. The third-order valence-electron chi connectivity index (χ3n) is 4.02. The Labute approximate surface area is 143 Å². The molecule has 0 aromatic heterocycles. The zero-order chi connectivity index (χ0) is 17.7. The summed E-state index contributed by atoms with van der Waals surface area (Å²) in [5.41, 5.74) is 1.62. The van der Waals surface area contributed by atoms with Crippen LogP contribution in [0.25, 0.3) is 0 Å². The van der Waals surface area contributed by atoms with Gasteiger partial charge in [-0.15, -0.1) is 0 Å². The summed E-state index contributed by atoms with van der Waals surface area (Å²) in [6, 6.07) is 5.20. The van der Waals surface area contributed by atoms with E-state index in [1.165, 1.54) is 0 Å². The number of nitrogens with zero attached hydrogens (tertiary/aromatic N) is 1. The number of anilines is 1. The number of nitrogens with one attached hydrogen (secondary N) is 2. The van der Waals surface area contributed by atoms with Crippen LogP contribution in [0.15, 0.2) is 18.2 Å². The molecule has 0 bridgehead atoms. The maximum Gasteiger partial charge on any atom is 0.251 e. The van der Waals surface area contributed by atoms with Crippen LogP contribution in [-0.2, 0) is 14.8 Å². The minimum atomic E-state index is -3.38. The molecule has 0 aliphatic carbocycles. The van der Waals surface area contributed by atoms with Gasteiger partial charge in [-0.2, -0.15) is 0 Å². The fraction of sp³-hybridized carbons (Fsp3) is 0.562. The number of ether oxygens (including phenoxy) is 1. The molecule has 0 saturated carbocycles. The van der Waals surface area contributed by atoms with E-state index in [1.807, 2.05) is 0 Å². The predicted octanol–water partition coefficient (Wildman–Crippen LogP) is 0.817. The van der Waals surface area contributed by atoms with E-state index >= 15 is 0 Å². The lowest BCUT2D eigenvalue weighted by Crippen LogP contribution is -2.47. The Bertz CT molecular complexity index is 685. The number of aryl methyl sites for hydroxylation is 1. The number of carbonyl (C=O) groups excluding carboxylic acids is 1. The van der Waals surface area contributed by atoms with Gasteiger partial charge in [-0.1, -0.05) is 6.07 Å². The van der Waals surface area contributed by atoms with Crippen molar-refractivity contribution in [2.75, 3.05) is 43.8 Å². The van der Waals surface area contributed by atoms with Crippen LogP contribution < -0.4 is 10.0 Å². The van der Waals surface area contributed by atoms with Crippen LogP contribution in [0.3, 0.4) is 0 Å². The van der Waals surface area contributed by atoms with E-state index in [9.17, 15) is 13.2 Å². The lowest BCUT2D eigenvalue weighted by atomic mass is 10.1. The summed E-state index contributed by atoms with van der Waals surface area (Å²) >= 11 is 0. The Balaban J connectivity index is 1.97. The second-order valence-electron chi connectivity index (χ2n) is 6.11. The van der Waals surface area contributed by atoms with Crippen LogP contribution >= 0.6 is 0 Å². The summed E-state index contributed by atoms with van der Waals surface area (Å²) in [5.74, 6) is -0.216. The van der Waals surface area contributed by atoms with Gasteiger partial charge in [0.1, 0.15) is 0 Å². The van der Waals surface area contributed by atoms with Gasteiger partial charge >= 0.3 is 0 Å². The summed E-state index contributed by atoms with van der Waals surface area (Å²) in [4.78, 5) is 14.6. The molecule has 1 saturated heterocycles. The van der Waals surface area contributed by atoms with Crippen molar-refractivity contribution in [1.29, 1.82) is 0 Å². The number of hydrogen-bond donors (Lipinski definition) is 2. The summed E-state index contributed by atoms with van der Waals surface area (Å²) < 4.78 is 30.5. The maximum absolute atomic E-state index is 12.3. The first-order valence-electron chi connectivity index (χ1n) is 7.95. The van der Waals surface area contributed by atoms with E-state index in [2.05, 4.69) is 21.9 Å². The van der Waals surface area contributed by atoms with Crippen LogP contribution in [0, 0.1) is 6.92 Å². The zero-order valence-corrected chi connectivity index (χ0v) is 15.1. The fourth-order valence-corrected chi connectivity index (χ4v) is 3.18. The quantitative estimate of drug-likeness (QED) is 0.789. The topological polar surface area (TPSA) is 87.7 Å². The molecule has 1 unspecified atom stereocenters. The van der Waals surface area contributed by atoms with Crippen molar-refractivity contribution in [2.24, 2.45) is 0 Å². The molecule has 1 fully saturated rings. The minimum Gasteiger partial charge on any atom is -0.379 e.